The molecule has 0 unspecified atom stereocenters. The quantitative estimate of drug-likeness (QED) is 0.849. The number of nitrogens with one attached hydrogen (secondary N) is 1. The van der Waals surface area contributed by atoms with Crippen LogP contribution in [0.5, 0.6) is 5.75 Å². The Labute approximate surface area is 133 Å². The van der Waals surface area contributed by atoms with Crippen molar-refractivity contribution in [3.8, 4) is 5.75 Å². The summed E-state index contributed by atoms with van der Waals surface area (Å²) in [4.78, 5) is 0.234. The number of hydrogen-bond acceptors (Lipinski definition) is 3. The summed E-state index contributed by atoms with van der Waals surface area (Å²) in [5.74, 6) is 0.733. The molecule has 0 aliphatic carbocycles. The lowest BCUT2D eigenvalue weighted by molar-refractivity contribution is 0.340. The molecule has 21 heavy (non-hydrogen) atoms. The Morgan fingerprint density at radius 2 is 1.90 bits per heavy atom. The van der Waals surface area contributed by atoms with Crippen LogP contribution in [0.1, 0.15) is 12.5 Å². The first-order chi connectivity index (χ1) is 10.0. The third-order valence-corrected chi connectivity index (χ3v) is 4.67. The van der Waals surface area contributed by atoms with E-state index in [1.807, 2.05) is 31.2 Å². The predicted octanol–water partition coefficient (Wildman–Crippen LogP) is 3.33. The summed E-state index contributed by atoms with van der Waals surface area (Å²) >= 11 is 3.27. The van der Waals surface area contributed by atoms with Crippen LogP contribution in [0.4, 0.5) is 0 Å². The zero-order valence-electron chi connectivity index (χ0n) is 11.5. The molecule has 0 heterocycles. The molecule has 0 saturated carbocycles. The number of hydrogen-bond donors (Lipinski definition) is 1. The Morgan fingerprint density at radius 3 is 2.62 bits per heavy atom. The largest absolute Gasteiger partial charge is 0.494 e. The van der Waals surface area contributed by atoms with Gasteiger partial charge < -0.3 is 4.74 Å². The van der Waals surface area contributed by atoms with E-state index in [1.165, 1.54) is 0 Å². The third-order valence-electron chi connectivity index (χ3n) is 2.78. The second kappa shape index (κ2) is 7.06. The van der Waals surface area contributed by atoms with E-state index in [4.69, 9.17) is 4.74 Å². The van der Waals surface area contributed by atoms with Crippen LogP contribution in [0, 0.1) is 0 Å². The maximum absolute atomic E-state index is 12.2. The van der Waals surface area contributed by atoms with Gasteiger partial charge in [0.15, 0.2) is 0 Å². The van der Waals surface area contributed by atoms with Crippen molar-refractivity contribution in [2.75, 3.05) is 6.61 Å². The zero-order valence-corrected chi connectivity index (χ0v) is 13.9. The summed E-state index contributed by atoms with van der Waals surface area (Å²) in [5.41, 5.74) is 0.847. The highest BCUT2D eigenvalue weighted by molar-refractivity contribution is 9.10. The summed E-state index contributed by atoms with van der Waals surface area (Å²) < 4.78 is 33.1. The van der Waals surface area contributed by atoms with Crippen LogP contribution in [0.15, 0.2) is 57.9 Å². The molecular formula is C15H16BrNO3S. The molecule has 2 aromatic carbocycles. The average molecular weight is 370 g/mol. The molecule has 0 bridgehead atoms. The van der Waals surface area contributed by atoms with Crippen molar-refractivity contribution in [3.05, 3.63) is 58.6 Å². The molecule has 112 valence electrons. The molecule has 1 N–H and O–H groups in total. The highest BCUT2D eigenvalue weighted by atomic mass is 79.9. The van der Waals surface area contributed by atoms with Gasteiger partial charge in [-0.15, -0.1) is 0 Å². The molecule has 0 radical (unpaired) electrons. The first-order valence-corrected chi connectivity index (χ1v) is 8.76. The Bertz CT molecular complexity index is 716. The van der Waals surface area contributed by atoms with Crippen molar-refractivity contribution in [1.29, 1.82) is 0 Å². The number of sulfonamides is 1. The molecule has 0 amide bonds. The SMILES string of the molecule is CCOc1cccc(CNS(=O)(=O)c2cccc(Br)c2)c1. The number of halogens is 1. The minimum absolute atomic E-state index is 0.218. The van der Waals surface area contributed by atoms with Crippen molar-refractivity contribution in [1.82, 2.24) is 4.72 Å². The van der Waals surface area contributed by atoms with Crippen molar-refractivity contribution in [3.63, 3.8) is 0 Å². The van der Waals surface area contributed by atoms with Crippen LogP contribution in [0.2, 0.25) is 0 Å². The normalized spacial score (nSPS) is 11.3. The fraction of sp³-hybridized carbons (Fsp3) is 0.200. The molecule has 6 heteroatoms. The van der Waals surface area contributed by atoms with Crippen LogP contribution in [-0.2, 0) is 16.6 Å². The summed E-state index contributed by atoms with van der Waals surface area (Å²) in [6.45, 7) is 2.70. The maximum atomic E-state index is 12.2. The van der Waals surface area contributed by atoms with Gasteiger partial charge in [0.2, 0.25) is 10.0 Å². The summed E-state index contributed by atoms with van der Waals surface area (Å²) in [6, 6.07) is 14.0. The first kappa shape index (κ1) is 16.0. The van der Waals surface area contributed by atoms with Crippen LogP contribution < -0.4 is 9.46 Å². The second-order valence-electron chi connectivity index (χ2n) is 4.36. The van der Waals surface area contributed by atoms with Gasteiger partial charge in [-0.3, -0.25) is 0 Å². The minimum atomic E-state index is -3.53. The van der Waals surface area contributed by atoms with Gasteiger partial charge in [0, 0.05) is 11.0 Å². The van der Waals surface area contributed by atoms with Gasteiger partial charge in [-0.1, -0.05) is 34.1 Å². The standard InChI is InChI=1S/C15H16BrNO3S/c1-2-20-14-7-3-5-12(9-14)11-17-21(18,19)15-8-4-6-13(16)10-15/h3-10,17H,2,11H2,1H3. The van der Waals surface area contributed by atoms with Gasteiger partial charge in [0.1, 0.15) is 5.75 Å². The van der Waals surface area contributed by atoms with E-state index >= 15 is 0 Å². The number of benzene rings is 2. The Kier molecular flexibility index (Phi) is 5.39. The average Bonchev–Trinajstić information content (AvgIpc) is 2.46. The lowest BCUT2D eigenvalue weighted by Gasteiger charge is -2.09. The Morgan fingerprint density at radius 1 is 1.14 bits per heavy atom. The number of rotatable bonds is 6. The molecule has 2 rings (SSSR count). The molecule has 0 saturated heterocycles. The van der Waals surface area contributed by atoms with E-state index in [1.54, 1.807) is 24.3 Å². The third kappa shape index (κ3) is 4.56. The topological polar surface area (TPSA) is 55.4 Å². The van der Waals surface area contributed by atoms with Crippen molar-refractivity contribution < 1.29 is 13.2 Å². The highest BCUT2D eigenvalue weighted by Gasteiger charge is 2.13. The zero-order chi connectivity index (χ0) is 15.3. The van der Waals surface area contributed by atoms with Gasteiger partial charge >= 0.3 is 0 Å². The smallest absolute Gasteiger partial charge is 0.240 e. The van der Waals surface area contributed by atoms with E-state index in [0.29, 0.717) is 6.61 Å². The lowest BCUT2D eigenvalue weighted by atomic mass is 10.2. The van der Waals surface area contributed by atoms with Crippen molar-refractivity contribution >= 4 is 26.0 Å². The van der Waals surface area contributed by atoms with Gasteiger partial charge in [-0.25, -0.2) is 13.1 Å². The van der Waals surface area contributed by atoms with Crippen LogP contribution in [0.25, 0.3) is 0 Å². The minimum Gasteiger partial charge on any atom is -0.494 e. The molecule has 2 aromatic rings. The molecule has 0 fully saturated rings. The molecule has 4 nitrogen and oxygen atoms in total. The summed E-state index contributed by atoms with van der Waals surface area (Å²) in [6.07, 6.45) is 0. The van der Waals surface area contributed by atoms with Gasteiger partial charge in [-0.2, -0.15) is 0 Å². The Hall–Kier alpha value is -1.37. The summed E-state index contributed by atoms with van der Waals surface area (Å²) in [7, 11) is -3.53. The van der Waals surface area contributed by atoms with Crippen molar-refractivity contribution in [2.45, 2.75) is 18.4 Å². The number of ether oxygens (including phenoxy) is 1. The first-order valence-electron chi connectivity index (χ1n) is 6.48. The van der Waals surface area contributed by atoms with Crippen molar-refractivity contribution in [2.24, 2.45) is 0 Å². The second-order valence-corrected chi connectivity index (χ2v) is 7.04. The van der Waals surface area contributed by atoms with E-state index in [0.717, 1.165) is 15.8 Å². The fourth-order valence-electron chi connectivity index (χ4n) is 1.81. The van der Waals surface area contributed by atoms with E-state index in [2.05, 4.69) is 20.7 Å². The fourth-order valence-corrected chi connectivity index (χ4v) is 3.42. The molecule has 0 aliphatic rings. The molecular weight excluding hydrogens is 354 g/mol. The highest BCUT2D eigenvalue weighted by Crippen LogP contribution is 2.17. The van der Waals surface area contributed by atoms with E-state index in [-0.39, 0.29) is 11.4 Å². The lowest BCUT2D eigenvalue weighted by Crippen LogP contribution is -2.23. The Balaban J connectivity index is 2.10. The molecule has 0 aliphatic heterocycles. The predicted molar refractivity (Wildman–Crippen MR) is 85.8 cm³/mol. The van der Waals surface area contributed by atoms with E-state index < -0.39 is 10.0 Å². The van der Waals surface area contributed by atoms with Crippen LogP contribution in [-0.4, -0.2) is 15.0 Å². The van der Waals surface area contributed by atoms with Gasteiger partial charge in [-0.05, 0) is 42.8 Å². The maximum Gasteiger partial charge on any atom is 0.240 e. The molecule has 0 spiro atoms. The molecule has 0 atom stereocenters. The molecule has 0 aromatic heterocycles. The van der Waals surface area contributed by atoms with Gasteiger partial charge in [0.05, 0.1) is 11.5 Å². The van der Waals surface area contributed by atoms with Crippen LogP contribution >= 0.6 is 15.9 Å². The van der Waals surface area contributed by atoms with E-state index in [9.17, 15) is 8.42 Å². The monoisotopic (exact) mass is 369 g/mol. The summed E-state index contributed by atoms with van der Waals surface area (Å²) in [5, 5.41) is 0. The van der Waals surface area contributed by atoms with Gasteiger partial charge in [0.25, 0.3) is 0 Å². The van der Waals surface area contributed by atoms with Crippen LogP contribution in [0.3, 0.4) is 0 Å².